The Balaban J connectivity index is 3.09. The van der Waals surface area contributed by atoms with Gasteiger partial charge < -0.3 is 4.55 Å². The molecule has 0 spiro atoms. The molecule has 0 N–H and O–H groups in total. The Kier molecular flexibility index (Phi) is 3.43. The first kappa shape index (κ1) is 9.58. The standard InChI is InChI=1S/C7H6Br2OS/c1-11(10)7-3-2-5(8)4-6(7)9/h2-4H,1H3. The predicted molar refractivity (Wildman–Crippen MR) is 54.2 cm³/mol. The maximum Gasteiger partial charge on any atom is 0.166 e. The van der Waals surface area contributed by atoms with E-state index < -0.39 is 11.2 Å². The molecule has 0 aromatic heterocycles. The summed E-state index contributed by atoms with van der Waals surface area (Å²) in [7, 11) is 0. The second-order valence-corrected chi connectivity index (χ2v) is 5.15. The lowest BCUT2D eigenvalue weighted by Crippen LogP contribution is -1.97. The minimum atomic E-state index is -0.917. The highest BCUT2D eigenvalue weighted by Crippen LogP contribution is 2.25. The Morgan fingerprint density at radius 3 is 2.45 bits per heavy atom. The topological polar surface area (TPSA) is 23.1 Å². The molecule has 60 valence electrons. The lowest BCUT2D eigenvalue weighted by atomic mass is 10.4. The van der Waals surface area contributed by atoms with E-state index in [2.05, 4.69) is 31.9 Å². The molecule has 0 bridgehead atoms. The van der Waals surface area contributed by atoms with Crippen molar-refractivity contribution in [3.63, 3.8) is 0 Å². The van der Waals surface area contributed by atoms with Crippen molar-refractivity contribution in [2.45, 2.75) is 4.90 Å². The van der Waals surface area contributed by atoms with Crippen molar-refractivity contribution in [3.8, 4) is 0 Å². The first-order valence-electron chi connectivity index (χ1n) is 2.90. The van der Waals surface area contributed by atoms with E-state index in [0.29, 0.717) is 0 Å². The van der Waals surface area contributed by atoms with Crippen molar-refractivity contribution in [1.82, 2.24) is 0 Å². The van der Waals surface area contributed by atoms with Crippen LogP contribution in [0.15, 0.2) is 32.0 Å². The molecule has 0 aliphatic rings. The summed E-state index contributed by atoms with van der Waals surface area (Å²) >= 11 is 5.72. The van der Waals surface area contributed by atoms with Crippen LogP contribution < -0.4 is 0 Å². The summed E-state index contributed by atoms with van der Waals surface area (Å²) in [6.07, 6.45) is 1.66. The van der Waals surface area contributed by atoms with Gasteiger partial charge in [0.05, 0.1) is 4.47 Å². The smallest absolute Gasteiger partial charge is 0.166 e. The van der Waals surface area contributed by atoms with E-state index in [0.717, 1.165) is 13.8 Å². The third-order valence-corrected chi connectivity index (χ3v) is 3.59. The third-order valence-electron chi connectivity index (χ3n) is 1.20. The van der Waals surface area contributed by atoms with Gasteiger partial charge in [-0.05, 0) is 45.3 Å². The molecule has 0 aliphatic carbocycles. The second kappa shape index (κ2) is 3.94. The first-order chi connectivity index (χ1) is 5.11. The predicted octanol–water partition coefficient (Wildman–Crippen LogP) is 2.95. The number of hydrogen-bond acceptors (Lipinski definition) is 1. The fourth-order valence-corrected chi connectivity index (χ4v) is 3.03. The minimum Gasteiger partial charge on any atom is -0.612 e. The monoisotopic (exact) mass is 296 g/mol. The second-order valence-electron chi connectivity index (χ2n) is 2.03. The maximum atomic E-state index is 11.0. The van der Waals surface area contributed by atoms with Crippen LogP contribution in [0.2, 0.25) is 0 Å². The normalized spacial score (nSPS) is 13.1. The lowest BCUT2D eigenvalue weighted by molar-refractivity contribution is 0.600. The van der Waals surface area contributed by atoms with Crippen LogP contribution in [-0.4, -0.2) is 10.8 Å². The number of halogens is 2. The van der Waals surface area contributed by atoms with Crippen LogP contribution >= 0.6 is 31.9 Å². The van der Waals surface area contributed by atoms with Crippen LogP contribution in [0.4, 0.5) is 0 Å². The van der Waals surface area contributed by atoms with Crippen LogP contribution in [0.25, 0.3) is 0 Å². The molecule has 0 aliphatic heterocycles. The van der Waals surface area contributed by atoms with E-state index >= 15 is 0 Å². The molecular weight excluding hydrogens is 292 g/mol. The van der Waals surface area contributed by atoms with Crippen LogP contribution in [0.5, 0.6) is 0 Å². The van der Waals surface area contributed by atoms with Crippen LogP contribution in [-0.2, 0) is 11.2 Å². The lowest BCUT2D eigenvalue weighted by Gasteiger charge is -2.05. The number of hydrogen-bond donors (Lipinski definition) is 0. The van der Waals surface area contributed by atoms with E-state index in [-0.39, 0.29) is 0 Å². The zero-order chi connectivity index (χ0) is 8.43. The van der Waals surface area contributed by atoms with Gasteiger partial charge in [0.25, 0.3) is 0 Å². The Morgan fingerprint density at radius 1 is 1.36 bits per heavy atom. The van der Waals surface area contributed by atoms with Gasteiger partial charge in [-0.3, -0.25) is 0 Å². The van der Waals surface area contributed by atoms with E-state index in [4.69, 9.17) is 0 Å². The average molecular weight is 298 g/mol. The average Bonchev–Trinajstić information content (AvgIpc) is 1.85. The van der Waals surface area contributed by atoms with Crippen molar-refractivity contribution in [2.24, 2.45) is 0 Å². The molecule has 1 aromatic rings. The molecule has 1 nitrogen and oxygen atoms in total. The fourth-order valence-electron chi connectivity index (χ4n) is 0.708. The molecule has 1 unspecified atom stereocenters. The fraction of sp³-hybridized carbons (Fsp3) is 0.143. The molecule has 0 radical (unpaired) electrons. The highest BCUT2D eigenvalue weighted by molar-refractivity contribution is 9.11. The quantitative estimate of drug-likeness (QED) is 0.731. The highest BCUT2D eigenvalue weighted by atomic mass is 79.9. The van der Waals surface area contributed by atoms with E-state index in [1.54, 1.807) is 6.26 Å². The van der Waals surface area contributed by atoms with Gasteiger partial charge in [0.15, 0.2) is 4.90 Å². The molecular formula is C7H6Br2OS. The highest BCUT2D eigenvalue weighted by Gasteiger charge is 2.08. The Bertz CT molecular complexity index is 263. The minimum absolute atomic E-state index is 0.827. The summed E-state index contributed by atoms with van der Waals surface area (Å²) in [6.45, 7) is 0. The summed E-state index contributed by atoms with van der Waals surface area (Å²) in [4.78, 5) is 0.827. The van der Waals surface area contributed by atoms with Gasteiger partial charge in [0, 0.05) is 4.47 Å². The van der Waals surface area contributed by atoms with Crippen molar-refractivity contribution in [1.29, 1.82) is 0 Å². The van der Waals surface area contributed by atoms with Gasteiger partial charge in [-0.1, -0.05) is 15.9 Å². The van der Waals surface area contributed by atoms with Gasteiger partial charge >= 0.3 is 0 Å². The van der Waals surface area contributed by atoms with Crippen molar-refractivity contribution < 1.29 is 4.55 Å². The van der Waals surface area contributed by atoms with Crippen LogP contribution in [0, 0.1) is 0 Å². The molecule has 0 fully saturated rings. The van der Waals surface area contributed by atoms with Crippen molar-refractivity contribution in [2.75, 3.05) is 6.26 Å². The van der Waals surface area contributed by atoms with Gasteiger partial charge in [-0.2, -0.15) is 0 Å². The van der Waals surface area contributed by atoms with Gasteiger partial charge in [0.2, 0.25) is 0 Å². The SMILES string of the molecule is C[S+]([O-])c1ccc(Br)cc1Br. The van der Waals surface area contributed by atoms with E-state index in [1.807, 2.05) is 18.2 Å². The Hall–Kier alpha value is 0.490. The van der Waals surface area contributed by atoms with Gasteiger partial charge in [-0.25, -0.2) is 0 Å². The molecule has 0 amide bonds. The molecule has 0 saturated heterocycles. The van der Waals surface area contributed by atoms with E-state index in [1.165, 1.54) is 0 Å². The summed E-state index contributed by atoms with van der Waals surface area (Å²) in [5, 5.41) is 0. The summed E-state index contributed by atoms with van der Waals surface area (Å²) in [5.74, 6) is 0. The number of benzene rings is 1. The largest absolute Gasteiger partial charge is 0.612 e. The zero-order valence-corrected chi connectivity index (χ0v) is 9.79. The van der Waals surface area contributed by atoms with Crippen molar-refractivity contribution >= 4 is 43.0 Å². The number of rotatable bonds is 1. The van der Waals surface area contributed by atoms with Crippen LogP contribution in [0.1, 0.15) is 0 Å². The molecule has 1 rings (SSSR count). The molecule has 11 heavy (non-hydrogen) atoms. The zero-order valence-electron chi connectivity index (χ0n) is 5.80. The first-order valence-corrected chi connectivity index (χ1v) is 6.04. The maximum absolute atomic E-state index is 11.0. The van der Waals surface area contributed by atoms with Crippen LogP contribution in [0.3, 0.4) is 0 Å². The molecule has 1 aromatic carbocycles. The van der Waals surface area contributed by atoms with Crippen molar-refractivity contribution in [3.05, 3.63) is 27.1 Å². The summed E-state index contributed by atoms with van der Waals surface area (Å²) < 4.78 is 12.9. The Labute approximate surface area is 85.6 Å². The summed E-state index contributed by atoms with van der Waals surface area (Å²) in [5.41, 5.74) is 0. The molecule has 1 atom stereocenters. The molecule has 0 saturated carbocycles. The molecule has 4 heteroatoms. The third kappa shape index (κ3) is 2.47. The van der Waals surface area contributed by atoms with E-state index in [9.17, 15) is 4.55 Å². The van der Waals surface area contributed by atoms with Gasteiger partial charge in [-0.15, -0.1) is 0 Å². The molecule has 0 heterocycles. The summed E-state index contributed by atoms with van der Waals surface area (Å²) in [6, 6.07) is 5.60. The Morgan fingerprint density at radius 2 is 2.00 bits per heavy atom. The van der Waals surface area contributed by atoms with Gasteiger partial charge in [0.1, 0.15) is 6.26 Å².